The van der Waals surface area contributed by atoms with Gasteiger partial charge in [-0.15, -0.1) is 11.3 Å². The molecule has 6 heteroatoms. The zero-order valence-electron chi connectivity index (χ0n) is 20.4. The molecule has 180 valence electrons. The standard InChI is InChI=1S/C28H36N4OS/c1-3-5-23-19-32(28(30-23)26-18-27-25(31(26)2)13-17-34-27)16-4-6-21-7-9-24(10-8-21)33-20-22-11-14-29-15-12-22/h7-10,13,17-19,22,29H,3-6,11-12,14-16,20H2,1-2H3. The molecule has 0 spiro atoms. The van der Waals surface area contributed by atoms with Crippen LogP contribution in [0.25, 0.3) is 21.7 Å². The molecule has 0 saturated carbocycles. The van der Waals surface area contributed by atoms with Crippen LogP contribution in [0.2, 0.25) is 0 Å². The van der Waals surface area contributed by atoms with E-state index < -0.39 is 0 Å². The maximum Gasteiger partial charge on any atom is 0.156 e. The first-order valence-corrected chi connectivity index (χ1v) is 13.6. The fraction of sp³-hybridized carbons (Fsp3) is 0.464. The van der Waals surface area contributed by atoms with Crippen LogP contribution in [-0.4, -0.2) is 33.8 Å². The van der Waals surface area contributed by atoms with Crippen LogP contribution in [0.1, 0.15) is 43.9 Å². The fourth-order valence-electron chi connectivity index (χ4n) is 4.95. The van der Waals surface area contributed by atoms with Gasteiger partial charge >= 0.3 is 0 Å². The smallest absolute Gasteiger partial charge is 0.156 e. The normalized spacial score (nSPS) is 14.8. The number of nitrogens with zero attached hydrogens (tertiary/aromatic N) is 3. The van der Waals surface area contributed by atoms with E-state index in [9.17, 15) is 0 Å². The van der Waals surface area contributed by atoms with Gasteiger partial charge in [-0.05, 0) is 86.3 Å². The SMILES string of the molecule is CCCc1cn(CCCc2ccc(OCC3CCNCC3)cc2)c(-c2cc3sccc3n2C)n1. The Bertz CT molecular complexity index is 1200. The lowest BCUT2D eigenvalue weighted by Crippen LogP contribution is -2.30. The molecule has 5 rings (SSSR count). The Morgan fingerprint density at radius 3 is 2.71 bits per heavy atom. The minimum absolute atomic E-state index is 0.683. The van der Waals surface area contributed by atoms with Crippen LogP contribution in [0.5, 0.6) is 5.75 Å². The second-order valence-electron chi connectivity index (χ2n) is 9.51. The molecule has 1 aliphatic rings. The maximum absolute atomic E-state index is 6.05. The number of thiophene rings is 1. The van der Waals surface area contributed by atoms with Gasteiger partial charge in [0.2, 0.25) is 0 Å². The zero-order valence-corrected chi connectivity index (χ0v) is 21.2. The van der Waals surface area contributed by atoms with Crippen molar-refractivity contribution >= 4 is 21.6 Å². The monoisotopic (exact) mass is 476 g/mol. The van der Waals surface area contributed by atoms with Crippen LogP contribution < -0.4 is 10.1 Å². The molecule has 0 aliphatic carbocycles. The third-order valence-electron chi connectivity index (χ3n) is 6.96. The minimum Gasteiger partial charge on any atom is -0.493 e. The molecular formula is C28H36N4OS. The number of aryl methyl sites for hydroxylation is 4. The van der Waals surface area contributed by atoms with Crippen molar-refractivity contribution in [1.82, 2.24) is 19.4 Å². The van der Waals surface area contributed by atoms with Gasteiger partial charge in [0, 0.05) is 19.8 Å². The number of nitrogens with one attached hydrogen (secondary N) is 1. The Morgan fingerprint density at radius 1 is 1.12 bits per heavy atom. The van der Waals surface area contributed by atoms with Crippen LogP contribution in [0.15, 0.2) is 48.0 Å². The molecule has 1 N–H and O–H groups in total. The number of rotatable bonds is 10. The number of ether oxygens (including phenoxy) is 1. The van der Waals surface area contributed by atoms with E-state index in [1.807, 2.05) is 0 Å². The van der Waals surface area contributed by atoms with Gasteiger partial charge in [-0.2, -0.15) is 0 Å². The first kappa shape index (κ1) is 23.2. The number of piperidine rings is 1. The van der Waals surface area contributed by atoms with Crippen LogP contribution in [-0.2, 0) is 26.4 Å². The lowest BCUT2D eigenvalue weighted by atomic mass is 9.99. The summed E-state index contributed by atoms with van der Waals surface area (Å²) in [6.07, 6.45) is 8.98. The quantitative estimate of drug-likeness (QED) is 0.302. The fourth-order valence-corrected chi connectivity index (χ4v) is 5.80. The highest BCUT2D eigenvalue weighted by Crippen LogP contribution is 2.30. The highest BCUT2D eigenvalue weighted by molar-refractivity contribution is 7.17. The predicted octanol–water partition coefficient (Wildman–Crippen LogP) is 6.07. The highest BCUT2D eigenvalue weighted by atomic mass is 32.1. The summed E-state index contributed by atoms with van der Waals surface area (Å²) in [4.78, 5) is 5.03. The number of fused-ring (bicyclic) bond motifs is 1. The maximum atomic E-state index is 6.05. The zero-order chi connectivity index (χ0) is 23.3. The van der Waals surface area contributed by atoms with Gasteiger partial charge in [-0.1, -0.05) is 25.5 Å². The second kappa shape index (κ2) is 10.8. The predicted molar refractivity (Wildman–Crippen MR) is 142 cm³/mol. The molecule has 0 bridgehead atoms. The third-order valence-corrected chi connectivity index (χ3v) is 7.81. The van der Waals surface area contributed by atoms with Gasteiger partial charge in [0.05, 0.1) is 28.2 Å². The summed E-state index contributed by atoms with van der Waals surface area (Å²) in [7, 11) is 2.15. The molecule has 1 aromatic carbocycles. The summed E-state index contributed by atoms with van der Waals surface area (Å²) in [5, 5.41) is 5.58. The van der Waals surface area contributed by atoms with E-state index in [1.165, 1.54) is 40.0 Å². The van der Waals surface area contributed by atoms with Crippen molar-refractivity contribution in [1.29, 1.82) is 0 Å². The molecule has 0 radical (unpaired) electrons. The topological polar surface area (TPSA) is 44.0 Å². The molecule has 5 nitrogen and oxygen atoms in total. The molecule has 0 unspecified atom stereocenters. The van der Waals surface area contributed by atoms with Crippen LogP contribution in [0.3, 0.4) is 0 Å². The summed E-state index contributed by atoms with van der Waals surface area (Å²) < 4.78 is 12.0. The lowest BCUT2D eigenvalue weighted by Gasteiger charge is -2.22. The molecule has 34 heavy (non-hydrogen) atoms. The van der Waals surface area contributed by atoms with Crippen LogP contribution in [0, 0.1) is 5.92 Å². The van der Waals surface area contributed by atoms with Gasteiger partial charge < -0.3 is 19.2 Å². The van der Waals surface area contributed by atoms with Crippen LogP contribution >= 0.6 is 11.3 Å². The van der Waals surface area contributed by atoms with Gasteiger partial charge in [-0.3, -0.25) is 0 Å². The van der Waals surface area contributed by atoms with E-state index >= 15 is 0 Å². The van der Waals surface area contributed by atoms with E-state index in [4.69, 9.17) is 9.72 Å². The summed E-state index contributed by atoms with van der Waals surface area (Å²) in [6.45, 7) is 6.26. The van der Waals surface area contributed by atoms with Gasteiger partial charge in [-0.25, -0.2) is 4.98 Å². The number of imidazole rings is 1. The Morgan fingerprint density at radius 2 is 1.94 bits per heavy atom. The number of aromatic nitrogens is 3. The Kier molecular flexibility index (Phi) is 7.36. The van der Waals surface area contributed by atoms with E-state index in [2.05, 4.69) is 76.4 Å². The van der Waals surface area contributed by atoms with Crippen molar-refractivity contribution in [3.05, 3.63) is 59.2 Å². The Balaban J connectivity index is 1.21. The van der Waals surface area contributed by atoms with Gasteiger partial charge in [0.1, 0.15) is 5.75 Å². The van der Waals surface area contributed by atoms with Crippen LogP contribution in [0.4, 0.5) is 0 Å². The number of hydrogen-bond acceptors (Lipinski definition) is 4. The largest absolute Gasteiger partial charge is 0.493 e. The van der Waals surface area contributed by atoms with Crippen molar-refractivity contribution in [2.24, 2.45) is 13.0 Å². The molecular weight excluding hydrogens is 440 g/mol. The van der Waals surface area contributed by atoms with E-state index in [1.54, 1.807) is 11.3 Å². The van der Waals surface area contributed by atoms with Gasteiger partial charge in [0.15, 0.2) is 5.82 Å². The molecule has 3 aromatic heterocycles. The Hall–Kier alpha value is -2.57. The van der Waals surface area contributed by atoms with E-state index in [0.29, 0.717) is 5.92 Å². The average Bonchev–Trinajstić information content (AvgIpc) is 3.56. The Labute approximate surface area is 206 Å². The lowest BCUT2D eigenvalue weighted by molar-refractivity contribution is 0.215. The molecule has 1 fully saturated rings. The summed E-state index contributed by atoms with van der Waals surface area (Å²) >= 11 is 1.80. The first-order chi connectivity index (χ1) is 16.7. The first-order valence-electron chi connectivity index (χ1n) is 12.7. The number of benzene rings is 1. The van der Waals surface area contributed by atoms with Crippen molar-refractivity contribution in [3.63, 3.8) is 0 Å². The summed E-state index contributed by atoms with van der Waals surface area (Å²) in [6, 6.07) is 13.2. The van der Waals surface area contributed by atoms with Gasteiger partial charge in [0.25, 0.3) is 0 Å². The van der Waals surface area contributed by atoms with Crippen molar-refractivity contribution in [3.8, 4) is 17.3 Å². The van der Waals surface area contributed by atoms with Crippen molar-refractivity contribution in [2.45, 2.75) is 52.0 Å². The second-order valence-corrected chi connectivity index (χ2v) is 10.5. The summed E-state index contributed by atoms with van der Waals surface area (Å²) in [5.41, 5.74) is 5.05. The molecule has 0 amide bonds. The average molecular weight is 477 g/mol. The number of hydrogen-bond donors (Lipinski definition) is 1. The molecule has 4 heterocycles. The molecule has 1 aliphatic heterocycles. The highest BCUT2D eigenvalue weighted by Gasteiger charge is 2.16. The van der Waals surface area contributed by atoms with Crippen molar-refractivity contribution in [2.75, 3.05) is 19.7 Å². The molecule has 0 atom stereocenters. The van der Waals surface area contributed by atoms with E-state index in [-0.39, 0.29) is 0 Å². The van der Waals surface area contributed by atoms with Crippen molar-refractivity contribution < 1.29 is 4.74 Å². The summed E-state index contributed by atoms with van der Waals surface area (Å²) in [5.74, 6) is 2.77. The minimum atomic E-state index is 0.683. The van der Waals surface area contributed by atoms with E-state index in [0.717, 1.165) is 63.5 Å². The molecule has 4 aromatic rings. The third kappa shape index (κ3) is 5.23. The molecule has 1 saturated heterocycles.